The van der Waals surface area contributed by atoms with Crippen LogP contribution in [-0.4, -0.2) is 35.2 Å². The van der Waals surface area contributed by atoms with Crippen molar-refractivity contribution in [2.75, 3.05) is 0 Å². The second-order valence-electron chi connectivity index (χ2n) is 6.00. The van der Waals surface area contributed by atoms with Gasteiger partial charge in [0.05, 0.1) is 17.1 Å². The average Bonchev–Trinajstić information content (AvgIpc) is 2.89. The Morgan fingerprint density at radius 3 is 3.08 bits per heavy atom. The maximum absolute atomic E-state index is 6.38. The Morgan fingerprint density at radius 2 is 2.33 bits per heavy atom. The highest BCUT2D eigenvalue weighted by Gasteiger charge is 2.25. The molecule has 0 aliphatic heterocycles. The summed E-state index contributed by atoms with van der Waals surface area (Å²) in [6.07, 6.45) is 10.5. The quantitative estimate of drug-likeness (QED) is 0.796. The molecule has 0 bridgehead atoms. The van der Waals surface area contributed by atoms with Crippen molar-refractivity contribution in [2.24, 2.45) is 0 Å². The predicted molar refractivity (Wildman–Crippen MR) is 99.4 cm³/mol. The Bertz CT molecular complexity index is 766. The van der Waals surface area contributed by atoms with Gasteiger partial charge in [0.2, 0.25) is 7.98 Å². The van der Waals surface area contributed by atoms with E-state index in [0.29, 0.717) is 12.4 Å². The van der Waals surface area contributed by atoms with Gasteiger partial charge in [-0.3, -0.25) is 4.98 Å². The van der Waals surface area contributed by atoms with E-state index in [4.69, 9.17) is 16.0 Å². The predicted octanol–water partition coefficient (Wildman–Crippen LogP) is 2.85. The van der Waals surface area contributed by atoms with Gasteiger partial charge in [-0.15, -0.1) is 0 Å². The molecule has 0 saturated heterocycles. The van der Waals surface area contributed by atoms with Crippen LogP contribution in [0.2, 0.25) is 0 Å². The van der Waals surface area contributed by atoms with Crippen LogP contribution in [0, 0.1) is 0 Å². The fourth-order valence-electron chi connectivity index (χ4n) is 3.29. The molecule has 0 N–H and O–H groups in total. The van der Waals surface area contributed by atoms with E-state index in [1.807, 2.05) is 31.3 Å². The van der Waals surface area contributed by atoms with Crippen molar-refractivity contribution in [2.45, 2.75) is 38.8 Å². The standard InChI is InChI=1S/C18H20B2N4/c1-3-7-14-15(4-2)24(20)17(22-14)12-23(19)16-10-5-8-13-9-6-11-21-18(13)16/h3-4,6-7,9,11,16H,2,5,8,10,12H2,1H3/b7-3-. The van der Waals surface area contributed by atoms with E-state index >= 15 is 0 Å². The molecule has 0 aromatic carbocycles. The van der Waals surface area contributed by atoms with E-state index in [0.717, 1.165) is 36.3 Å². The number of hydrogen-bond acceptors (Lipinski definition) is 3. The molecule has 4 nitrogen and oxygen atoms in total. The summed E-state index contributed by atoms with van der Waals surface area (Å²) in [5.74, 6) is 0.712. The number of fused-ring (bicyclic) bond motifs is 1. The lowest BCUT2D eigenvalue weighted by Crippen LogP contribution is -2.30. The van der Waals surface area contributed by atoms with Crippen LogP contribution < -0.4 is 0 Å². The summed E-state index contributed by atoms with van der Waals surface area (Å²) in [5.41, 5.74) is 3.94. The molecule has 118 valence electrons. The van der Waals surface area contributed by atoms with Gasteiger partial charge in [0.25, 0.3) is 0 Å². The normalized spacial score (nSPS) is 17.3. The van der Waals surface area contributed by atoms with Crippen molar-refractivity contribution < 1.29 is 0 Å². The summed E-state index contributed by atoms with van der Waals surface area (Å²) in [6, 6.07) is 4.20. The third kappa shape index (κ3) is 3.11. The summed E-state index contributed by atoms with van der Waals surface area (Å²) in [6.45, 7) is 6.22. The highest BCUT2D eigenvalue weighted by atomic mass is 15.1. The molecule has 1 atom stereocenters. The largest absolute Gasteiger partial charge is 0.384 e. The van der Waals surface area contributed by atoms with Gasteiger partial charge in [-0.25, -0.2) is 4.98 Å². The first-order chi connectivity index (χ1) is 11.7. The van der Waals surface area contributed by atoms with Crippen LogP contribution in [0.25, 0.3) is 12.2 Å². The zero-order valence-electron chi connectivity index (χ0n) is 14.0. The maximum atomic E-state index is 6.38. The van der Waals surface area contributed by atoms with Gasteiger partial charge in [-0.05, 0) is 50.0 Å². The molecule has 2 heterocycles. The first-order valence-corrected chi connectivity index (χ1v) is 8.22. The molecule has 2 aromatic heterocycles. The third-order valence-corrected chi connectivity index (χ3v) is 4.46. The Kier molecular flexibility index (Phi) is 5.05. The maximum Gasteiger partial charge on any atom is 0.236 e. The first kappa shape index (κ1) is 16.8. The molecule has 24 heavy (non-hydrogen) atoms. The summed E-state index contributed by atoms with van der Waals surface area (Å²) in [5, 5.41) is 0. The minimum atomic E-state index is 0.0870. The fraction of sp³-hybridized carbons (Fsp3) is 0.333. The molecule has 2 aromatic rings. The van der Waals surface area contributed by atoms with Crippen molar-refractivity contribution in [3.05, 3.63) is 59.5 Å². The van der Waals surface area contributed by atoms with E-state index in [1.165, 1.54) is 5.56 Å². The molecule has 1 aliphatic rings. The third-order valence-electron chi connectivity index (χ3n) is 4.46. The lowest BCUT2D eigenvalue weighted by molar-refractivity contribution is 0.289. The number of allylic oxidation sites excluding steroid dienone is 1. The van der Waals surface area contributed by atoms with Gasteiger partial charge in [-0.1, -0.05) is 18.7 Å². The minimum Gasteiger partial charge on any atom is -0.384 e. The van der Waals surface area contributed by atoms with Gasteiger partial charge >= 0.3 is 0 Å². The molecule has 1 unspecified atom stereocenters. The smallest absolute Gasteiger partial charge is 0.236 e. The van der Waals surface area contributed by atoms with Crippen LogP contribution in [0.3, 0.4) is 0 Å². The molecule has 1 aliphatic carbocycles. The van der Waals surface area contributed by atoms with Crippen molar-refractivity contribution in [3.8, 4) is 0 Å². The molecule has 3 rings (SSSR count). The molecule has 0 fully saturated rings. The number of rotatable bonds is 5. The number of hydrogen-bond donors (Lipinski definition) is 0. The summed E-state index contributed by atoms with van der Waals surface area (Å²) in [4.78, 5) is 10.9. The molecular weight excluding hydrogens is 294 g/mol. The van der Waals surface area contributed by atoms with Crippen LogP contribution >= 0.6 is 0 Å². The number of aromatic nitrogens is 3. The van der Waals surface area contributed by atoms with Crippen LogP contribution in [0.4, 0.5) is 0 Å². The van der Waals surface area contributed by atoms with Gasteiger partial charge in [0.1, 0.15) is 5.82 Å². The van der Waals surface area contributed by atoms with Crippen molar-refractivity contribution >= 4 is 28.1 Å². The van der Waals surface area contributed by atoms with E-state index in [9.17, 15) is 0 Å². The van der Waals surface area contributed by atoms with E-state index in [1.54, 1.807) is 15.4 Å². The second kappa shape index (κ2) is 7.22. The number of aryl methyl sites for hydroxylation is 1. The van der Waals surface area contributed by atoms with E-state index < -0.39 is 0 Å². The zero-order chi connectivity index (χ0) is 17.1. The van der Waals surface area contributed by atoms with Crippen molar-refractivity contribution in [3.63, 3.8) is 0 Å². The zero-order valence-corrected chi connectivity index (χ0v) is 14.0. The number of nitrogens with zero attached hydrogens (tertiary/aromatic N) is 4. The Morgan fingerprint density at radius 1 is 1.50 bits per heavy atom. The topological polar surface area (TPSA) is 34.0 Å². The summed E-state index contributed by atoms with van der Waals surface area (Å²) in [7, 11) is 12.5. The Balaban J connectivity index is 1.86. The molecule has 0 spiro atoms. The minimum absolute atomic E-state index is 0.0870. The highest BCUT2D eigenvalue weighted by molar-refractivity contribution is 6.08. The second-order valence-corrected chi connectivity index (χ2v) is 6.00. The van der Waals surface area contributed by atoms with Crippen LogP contribution in [0.1, 0.15) is 54.3 Å². The van der Waals surface area contributed by atoms with Crippen LogP contribution in [-0.2, 0) is 13.0 Å². The average molecular weight is 314 g/mol. The molecule has 6 heteroatoms. The SMILES string of the molecule is [B]N(Cc1nc(/C=C\C)c(C=C)n1[B])C1CCCc2cccnc21. The van der Waals surface area contributed by atoms with Crippen LogP contribution in [0.5, 0.6) is 0 Å². The number of imidazole rings is 1. The molecular formula is C18H20B2N4. The van der Waals surface area contributed by atoms with Gasteiger partial charge in [-0.2, -0.15) is 0 Å². The molecule has 0 amide bonds. The van der Waals surface area contributed by atoms with Gasteiger partial charge < -0.3 is 9.29 Å². The Hall–Kier alpha value is -2.07. The van der Waals surface area contributed by atoms with Gasteiger partial charge in [0.15, 0.2) is 7.98 Å². The summed E-state index contributed by atoms with van der Waals surface area (Å²) >= 11 is 0. The summed E-state index contributed by atoms with van der Waals surface area (Å²) < 4.78 is 1.56. The molecule has 0 saturated carbocycles. The van der Waals surface area contributed by atoms with Gasteiger partial charge in [0, 0.05) is 18.8 Å². The fourth-order valence-corrected chi connectivity index (χ4v) is 3.29. The van der Waals surface area contributed by atoms with Crippen LogP contribution in [0.15, 0.2) is 31.0 Å². The molecule has 4 radical (unpaired) electrons. The lowest BCUT2D eigenvalue weighted by Gasteiger charge is -2.32. The number of pyridine rings is 1. The van der Waals surface area contributed by atoms with E-state index in [-0.39, 0.29) is 6.04 Å². The Labute approximate surface area is 146 Å². The highest BCUT2D eigenvalue weighted by Crippen LogP contribution is 2.32. The van der Waals surface area contributed by atoms with Crippen molar-refractivity contribution in [1.82, 2.24) is 19.3 Å². The monoisotopic (exact) mass is 314 g/mol. The van der Waals surface area contributed by atoms with E-state index in [2.05, 4.69) is 22.6 Å². The first-order valence-electron chi connectivity index (χ1n) is 8.22. The van der Waals surface area contributed by atoms with Crippen molar-refractivity contribution in [1.29, 1.82) is 0 Å². The lowest BCUT2D eigenvalue weighted by atomic mass is 9.89.